The van der Waals surface area contributed by atoms with Gasteiger partial charge in [0.05, 0.1) is 5.92 Å². The van der Waals surface area contributed by atoms with Crippen LogP contribution < -0.4 is 10.2 Å². The molecule has 0 bridgehead atoms. The predicted molar refractivity (Wildman–Crippen MR) is 163 cm³/mol. The molecule has 2 N–H and O–H groups in total. The zero-order chi connectivity index (χ0) is 29.1. The number of carboxylic acid groups (broad SMARTS) is 1. The van der Waals surface area contributed by atoms with E-state index >= 15 is 0 Å². The molecule has 0 unspecified atom stereocenters. The first-order valence-corrected chi connectivity index (χ1v) is 14.7. The van der Waals surface area contributed by atoms with Crippen LogP contribution >= 0.6 is 12.4 Å². The molecule has 2 aromatic rings. The quantitative estimate of drug-likeness (QED) is 0.453. The third-order valence-electron chi connectivity index (χ3n) is 8.56. The van der Waals surface area contributed by atoms with Crippen LogP contribution in [-0.4, -0.2) is 58.8 Å². The number of anilines is 1. The van der Waals surface area contributed by atoms with E-state index in [0.29, 0.717) is 30.7 Å². The molecule has 2 aliphatic heterocycles. The smallest absolute Gasteiger partial charge is 0.306 e. The highest BCUT2D eigenvalue weighted by molar-refractivity contribution is 6.12. The summed E-state index contributed by atoms with van der Waals surface area (Å²) in [5.74, 6) is -1.00. The summed E-state index contributed by atoms with van der Waals surface area (Å²) in [6.45, 7) is 6.17. The van der Waals surface area contributed by atoms with Gasteiger partial charge in [0.2, 0.25) is 5.91 Å². The number of nitrogens with one attached hydrogen (secondary N) is 1. The second-order valence-corrected chi connectivity index (χ2v) is 11.9. The largest absolute Gasteiger partial charge is 0.481 e. The van der Waals surface area contributed by atoms with E-state index in [1.165, 1.54) is 24.3 Å². The minimum atomic E-state index is -0.712. The molecule has 1 saturated carbocycles. The number of likely N-dealkylation sites (tertiary alicyclic amines) is 1. The first-order valence-electron chi connectivity index (χ1n) is 14.7. The van der Waals surface area contributed by atoms with Crippen molar-refractivity contribution < 1.29 is 23.9 Å². The monoisotopic (exact) mass is 598 g/mol. The van der Waals surface area contributed by atoms with Crippen LogP contribution in [0.4, 0.5) is 10.1 Å². The number of amidine groups is 1. The molecule has 1 aliphatic carbocycles. The summed E-state index contributed by atoms with van der Waals surface area (Å²) < 4.78 is 13.4. The molecule has 1 saturated heterocycles. The van der Waals surface area contributed by atoms with Gasteiger partial charge in [-0.25, -0.2) is 4.39 Å². The van der Waals surface area contributed by atoms with Crippen LogP contribution in [0.15, 0.2) is 47.5 Å². The van der Waals surface area contributed by atoms with Gasteiger partial charge >= 0.3 is 5.97 Å². The molecule has 10 heteroatoms. The molecule has 0 atom stereocenters. The summed E-state index contributed by atoms with van der Waals surface area (Å²) in [6.07, 6.45) is 5.00. The van der Waals surface area contributed by atoms with Crippen molar-refractivity contribution >= 4 is 41.7 Å². The molecule has 2 heterocycles. The van der Waals surface area contributed by atoms with Gasteiger partial charge in [-0.1, -0.05) is 12.1 Å². The van der Waals surface area contributed by atoms with Gasteiger partial charge in [-0.2, -0.15) is 4.99 Å². The number of piperidine rings is 1. The highest BCUT2D eigenvalue weighted by atomic mass is 35.5. The van der Waals surface area contributed by atoms with Crippen LogP contribution in [0.5, 0.6) is 0 Å². The van der Waals surface area contributed by atoms with Crippen LogP contribution in [-0.2, 0) is 22.6 Å². The molecule has 8 nitrogen and oxygen atoms in total. The van der Waals surface area contributed by atoms with Gasteiger partial charge in [-0.05, 0) is 107 Å². The summed E-state index contributed by atoms with van der Waals surface area (Å²) in [6, 6.07) is 12.1. The van der Waals surface area contributed by atoms with Crippen LogP contribution in [0.2, 0.25) is 0 Å². The number of carboxylic acids is 1. The van der Waals surface area contributed by atoms with E-state index in [2.05, 4.69) is 38.3 Å². The highest BCUT2D eigenvalue weighted by Crippen LogP contribution is 2.38. The van der Waals surface area contributed by atoms with Crippen molar-refractivity contribution in [2.45, 2.75) is 77.4 Å². The van der Waals surface area contributed by atoms with Gasteiger partial charge in [0, 0.05) is 42.2 Å². The number of carbonyl (C=O) groups excluding carboxylic acids is 2. The Hall–Kier alpha value is -3.30. The number of amides is 2. The van der Waals surface area contributed by atoms with Gasteiger partial charge in [0.25, 0.3) is 5.91 Å². The third-order valence-corrected chi connectivity index (χ3v) is 8.56. The van der Waals surface area contributed by atoms with Crippen molar-refractivity contribution in [3.05, 3.63) is 65.0 Å². The molecule has 0 aromatic heterocycles. The molecule has 2 amide bonds. The van der Waals surface area contributed by atoms with E-state index in [-0.39, 0.29) is 42.2 Å². The molecule has 0 radical (unpaired) electrons. The number of aliphatic carboxylic acids is 1. The molecule has 226 valence electrons. The Bertz CT molecular complexity index is 1320. The summed E-state index contributed by atoms with van der Waals surface area (Å²) in [5.41, 5.74) is 3.63. The van der Waals surface area contributed by atoms with E-state index < -0.39 is 17.7 Å². The van der Waals surface area contributed by atoms with E-state index in [4.69, 9.17) is 0 Å². The second-order valence-electron chi connectivity index (χ2n) is 11.9. The summed E-state index contributed by atoms with van der Waals surface area (Å²) in [5, 5.41) is 12.4. The number of rotatable bonds is 7. The molecular weight excluding hydrogens is 559 g/mol. The number of carbonyl (C=O) groups is 3. The number of hydrogen-bond acceptors (Lipinski definition) is 4. The molecule has 3 aliphatic rings. The van der Waals surface area contributed by atoms with Crippen molar-refractivity contribution in [3.63, 3.8) is 0 Å². The molecule has 0 spiro atoms. The molecule has 5 rings (SSSR count). The number of aliphatic imine (C=N–C) groups is 1. The standard InChI is InChI=1S/C32H39FN4O4.ClH/c1-20(2)34-30(38)23-7-11-27(12-8-23)37-28-17-21(19-36-15-13-24(14-16-36)32(40)41)3-4-25(28)18-29(37)35-31(39)22-5-9-26(33)10-6-22;/h3-6,9-10,17,20,23-24,27H,7-8,11-16,18-19H2,1-2H3,(H,34,38)(H,40,41);1H. The van der Waals surface area contributed by atoms with Gasteiger partial charge in [-0.3, -0.25) is 19.3 Å². The van der Waals surface area contributed by atoms with Crippen molar-refractivity contribution in [3.8, 4) is 0 Å². The molecule has 2 fully saturated rings. The first kappa shape index (κ1) is 31.6. The minimum absolute atomic E-state index is 0. The first-order chi connectivity index (χ1) is 19.7. The zero-order valence-corrected chi connectivity index (χ0v) is 25.0. The summed E-state index contributed by atoms with van der Waals surface area (Å²) >= 11 is 0. The Morgan fingerprint density at radius 1 is 0.976 bits per heavy atom. The van der Waals surface area contributed by atoms with Crippen molar-refractivity contribution in [2.24, 2.45) is 16.8 Å². The number of hydrogen-bond donors (Lipinski definition) is 2. The van der Waals surface area contributed by atoms with Crippen LogP contribution in [0, 0.1) is 17.7 Å². The number of fused-ring (bicyclic) bond motifs is 1. The SMILES string of the molecule is CC(C)NC(=O)C1CCC(N2C(=NC(=O)c3ccc(F)cc3)Cc3ccc(CN4CCC(C(=O)O)CC4)cc32)CC1.Cl. The molecular formula is C32H40ClFN4O4. The lowest BCUT2D eigenvalue weighted by atomic mass is 9.84. The Labute approximate surface area is 252 Å². The minimum Gasteiger partial charge on any atom is -0.481 e. The Morgan fingerprint density at radius 3 is 2.26 bits per heavy atom. The fourth-order valence-corrected chi connectivity index (χ4v) is 6.35. The van der Waals surface area contributed by atoms with Crippen molar-refractivity contribution in [1.82, 2.24) is 10.2 Å². The van der Waals surface area contributed by atoms with E-state index in [0.717, 1.165) is 62.1 Å². The maximum absolute atomic E-state index is 13.4. The fraction of sp³-hybridized carbons (Fsp3) is 0.500. The van der Waals surface area contributed by atoms with E-state index in [9.17, 15) is 23.9 Å². The lowest BCUT2D eigenvalue weighted by Crippen LogP contribution is -2.44. The number of benzene rings is 2. The average Bonchev–Trinajstić information content (AvgIpc) is 3.30. The average molecular weight is 599 g/mol. The summed E-state index contributed by atoms with van der Waals surface area (Å²) in [4.78, 5) is 46.2. The van der Waals surface area contributed by atoms with Gasteiger partial charge in [-0.15, -0.1) is 12.4 Å². The van der Waals surface area contributed by atoms with Crippen LogP contribution in [0.25, 0.3) is 0 Å². The second kappa shape index (κ2) is 13.8. The fourth-order valence-electron chi connectivity index (χ4n) is 6.35. The maximum atomic E-state index is 13.4. The maximum Gasteiger partial charge on any atom is 0.306 e. The Kier molecular flexibility index (Phi) is 10.4. The molecule has 2 aromatic carbocycles. The number of halogens is 2. The number of nitrogens with zero attached hydrogens (tertiary/aromatic N) is 3. The van der Waals surface area contributed by atoms with Crippen LogP contribution in [0.3, 0.4) is 0 Å². The normalized spacial score (nSPS) is 22.1. The van der Waals surface area contributed by atoms with E-state index in [1.54, 1.807) is 0 Å². The van der Waals surface area contributed by atoms with Crippen molar-refractivity contribution in [1.29, 1.82) is 0 Å². The lowest BCUT2D eigenvalue weighted by Gasteiger charge is -2.36. The zero-order valence-electron chi connectivity index (χ0n) is 24.2. The van der Waals surface area contributed by atoms with E-state index in [1.807, 2.05) is 13.8 Å². The highest BCUT2D eigenvalue weighted by Gasteiger charge is 2.36. The third kappa shape index (κ3) is 7.36. The molecule has 42 heavy (non-hydrogen) atoms. The predicted octanol–water partition coefficient (Wildman–Crippen LogP) is 5.23. The van der Waals surface area contributed by atoms with Gasteiger partial charge < -0.3 is 15.3 Å². The van der Waals surface area contributed by atoms with Crippen LogP contribution in [0.1, 0.15) is 73.9 Å². The van der Waals surface area contributed by atoms with Gasteiger partial charge in [0.1, 0.15) is 11.7 Å². The Morgan fingerprint density at radius 2 is 1.64 bits per heavy atom. The lowest BCUT2D eigenvalue weighted by molar-refractivity contribution is -0.143. The topological polar surface area (TPSA) is 102 Å². The Balaban J connectivity index is 0.00000405. The van der Waals surface area contributed by atoms with Gasteiger partial charge in [0.15, 0.2) is 0 Å². The van der Waals surface area contributed by atoms with Crippen molar-refractivity contribution in [2.75, 3.05) is 18.0 Å². The summed E-state index contributed by atoms with van der Waals surface area (Å²) in [7, 11) is 0.